The van der Waals surface area contributed by atoms with Crippen molar-refractivity contribution in [2.24, 2.45) is 5.73 Å². The van der Waals surface area contributed by atoms with Crippen LogP contribution in [-0.4, -0.2) is 10.7 Å². The lowest BCUT2D eigenvalue weighted by Gasteiger charge is -2.37. The topological polar surface area (TPSA) is 46.2 Å². The van der Waals surface area contributed by atoms with Crippen LogP contribution in [0.4, 0.5) is 0 Å². The number of hydrogen-bond acceptors (Lipinski definition) is 2. The van der Waals surface area contributed by atoms with Gasteiger partial charge in [0, 0.05) is 0 Å². The third-order valence-corrected chi connectivity index (χ3v) is 3.46. The van der Waals surface area contributed by atoms with E-state index < -0.39 is 5.60 Å². The van der Waals surface area contributed by atoms with Crippen molar-refractivity contribution in [3.63, 3.8) is 0 Å². The fourth-order valence-electron chi connectivity index (χ4n) is 2.45. The fraction of sp³-hybridized carbons (Fsp3) is 0.538. The first-order chi connectivity index (χ1) is 7.22. The van der Waals surface area contributed by atoms with Gasteiger partial charge < -0.3 is 10.8 Å². The van der Waals surface area contributed by atoms with Crippen LogP contribution >= 0.6 is 0 Å². The van der Waals surface area contributed by atoms with Gasteiger partial charge in [0.25, 0.3) is 0 Å². The van der Waals surface area contributed by atoms with E-state index in [0.717, 1.165) is 31.2 Å². The molecule has 1 saturated carbocycles. The maximum absolute atomic E-state index is 10.5. The summed E-state index contributed by atoms with van der Waals surface area (Å²) in [5, 5.41) is 10.5. The lowest BCUT2D eigenvalue weighted by atomic mass is 9.77. The Bertz CT molecular complexity index is 304. The molecule has 82 valence electrons. The molecule has 1 atom stereocenters. The van der Waals surface area contributed by atoms with E-state index >= 15 is 0 Å². The molecule has 1 unspecified atom stereocenters. The Morgan fingerprint density at radius 3 is 2.27 bits per heavy atom. The average molecular weight is 205 g/mol. The minimum atomic E-state index is -0.681. The van der Waals surface area contributed by atoms with Crippen LogP contribution in [0.5, 0.6) is 0 Å². The maximum atomic E-state index is 10.5. The predicted molar refractivity (Wildman–Crippen MR) is 61.4 cm³/mol. The van der Waals surface area contributed by atoms with Gasteiger partial charge in [0.05, 0.1) is 11.6 Å². The van der Waals surface area contributed by atoms with Gasteiger partial charge in [-0.15, -0.1) is 0 Å². The number of benzene rings is 1. The summed E-state index contributed by atoms with van der Waals surface area (Å²) >= 11 is 0. The summed E-state index contributed by atoms with van der Waals surface area (Å²) < 4.78 is 0. The Morgan fingerprint density at radius 2 is 1.67 bits per heavy atom. The van der Waals surface area contributed by atoms with Gasteiger partial charge in [-0.2, -0.15) is 0 Å². The molecule has 0 heterocycles. The summed E-state index contributed by atoms with van der Waals surface area (Å²) in [6.07, 6.45) is 5.09. The van der Waals surface area contributed by atoms with Crippen molar-refractivity contribution in [2.45, 2.75) is 43.7 Å². The molecule has 0 bridgehead atoms. The van der Waals surface area contributed by atoms with Gasteiger partial charge in [-0.05, 0) is 18.4 Å². The van der Waals surface area contributed by atoms with E-state index in [1.165, 1.54) is 6.42 Å². The zero-order chi connectivity index (χ0) is 10.7. The van der Waals surface area contributed by atoms with Crippen LogP contribution in [0.3, 0.4) is 0 Å². The highest BCUT2D eigenvalue weighted by molar-refractivity contribution is 5.21. The molecule has 1 aliphatic carbocycles. The summed E-state index contributed by atoms with van der Waals surface area (Å²) in [4.78, 5) is 0. The van der Waals surface area contributed by atoms with E-state index in [1.54, 1.807) is 0 Å². The van der Waals surface area contributed by atoms with Crippen molar-refractivity contribution in [2.75, 3.05) is 0 Å². The zero-order valence-corrected chi connectivity index (χ0v) is 9.02. The van der Waals surface area contributed by atoms with Gasteiger partial charge in [-0.25, -0.2) is 0 Å². The number of nitrogens with two attached hydrogens (primary N) is 1. The van der Waals surface area contributed by atoms with Gasteiger partial charge in [0.15, 0.2) is 0 Å². The summed E-state index contributed by atoms with van der Waals surface area (Å²) in [5.74, 6) is 0. The van der Waals surface area contributed by atoms with Gasteiger partial charge in [-0.3, -0.25) is 0 Å². The second-order valence-electron chi connectivity index (χ2n) is 4.55. The highest BCUT2D eigenvalue weighted by Gasteiger charge is 2.36. The Labute approximate surface area is 91.1 Å². The molecule has 0 radical (unpaired) electrons. The normalized spacial score (nSPS) is 22.3. The molecule has 2 heteroatoms. The smallest absolute Gasteiger partial charge is 0.0839 e. The minimum Gasteiger partial charge on any atom is -0.388 e. The Morgan fingerprint density at radius 1 is 1.07 bits per heavy atom. The van der Waals surface area contributed by atoms with Crippen LogP contribution in [0, 0.1) is 0 Å². The lowest BCUT2D eigenvalue weighted by molar-refractivity contribution is -0.0202. The minimum absolute atomic E-state index is 0.237. The third-order valence-electron chi connectivity index (χ3n) is 3.46. The maximum Gasteiger partial charge on any atom is 0.0839 e. The van der Waals surface area contributed by atoms with Gasteiger partial charge in [-0.1, -0.05) is 49.6 Å². The zero-order valence-electron chi connectivity index (χ0n) is 9.02. The molecule has 0 amide bonds. The van der Waals surface area contributed by atoms with Gasteiger partial charge >= 0.3 is 0 Å². The summed E-state index contributed by atoms with van der Waals surface area (Å²) in [6.45, 7) is 0. The lowest BCUT2D eigenvalue weighted by Crippen LogP contribution is -2.42. The highest BCUT2D eigenvalue weighted by atomic mass is 16.3. The van der Waals surface area contributed by atoms with Crippen molar-refractivity contribution < 1.29 is 5.11 Å². The van der Waals surface area contributed by atoms with Crippen LogP contribution in [0.1, 0.15) is 43.7 Å². The average Bonchev–Trinajstić information content (AvgIpc) is 2.30. The molecule has 2 nitrogen and oxygen atoms in total. The van der Waals surface area contributed by atoms with Crippen molar-refractivity contribution in [1.29, 1.82) is 0 Å². The molecule has 3 N–H and O–H groups in total. The SMILES string of the molecule is NC(c1ccccc1)C1(O)CCCCC1. The first-order valence-corrected chi connectivity index (χ1v) is 5.75. The van der Waals surface area contributed by atoms with E-state index in [0.29, 0.717) is 0 Å². The molecule has 1 aliphatic rings. The first kappa shape index (κ1) is 10.7. The van der Waals surface area contributed by atoms with Gasteiger partial charge in [0.2, 0.25) is 0 Å². The predicted octanol–water partition coefficient (Wildman–Crippen LogP) is 2.38. The monoisotopic (exact) mass is 205 g/mol. The first-order valence-electron chi connectivity index (χ1n) is 5.75. The molecular weight excluding hydrogens is 186 g/mol. The summed E-state index contributed by atoms with van der Waals surface area (Å²) in [5.41, 5.74) is 6.52. The van der Waals surface area contributed by atoms with Crippen LogP contribution in [0.2, 0.25) is 0 Å². The van der Waals surface area contributed by atoms with Crippen LogP contribution in [0.15, 0.2) is 30.3 Å². The summed E-state index contributed by atoms with van der Waals surface area (Å²) in [6, 6.07) is 9.68. The highest BCUT2D eigenvalue weighted by Crippen LogP contribution is 2.36. The van der Waals surface area contributed by atoms with E-state index in [-0.39, 0.29) is 6.04 Å². The van der Waals surface area contributed by atoms with Crippen molar-refractivity contribution >= 4 is 0 Å². The second-order valence-corrected chi connectivity index (χ2v) is 4.55. The molecule has 1 aromatic rings. The molecule has 1 aromatic carbocycles. The van der Waals surface area contributed by atoms with Gasteiger partial charge in [0.1, 0.15) is 0 Å². The number of rotatable bonds is 2. The standard InChI is InChI=1S/C13H19NO/c14-12(11-7-3-1-4-8-11)13(15)9-5-2-6-10-13/h1,3-4,7-8,12,15H,2,5-6,9-10,14H2. The molecule has 2 rings (SSSR count). The number of aliphatic hydroxyl groups is 1. The third kappa shape index (κ3) is 2.21. The van der Waals surface area contributed by atoms with E-state index in [2.05, 4.69) is 0 Å². The van der Waals surface area contributed by atoms with Crippen molar-refractivity contribution in [3.8, 4) is 0 Å². The van der Waals surface area contributed by atoms with Crippen LogP contribution < -0.4 is 5.73 Å². The number of hydrogen-bond donors (Lipinski definition) is 2. The van der Waals surface area contributed by atoms with E-state index in [1.807, 2.05) is 30.3 Å². The molecule has 0 saturated heterocycles. The van der Waals surface area contributed by atoms with E-state index in [9.17, 15) is 5.11 Å². The summed E-state index contributed by atoms with van der Waals surface area (Å²) in [7, 11) is 0. The Balaban J connectivity index is 2.16. The van der Waals surface area contributed by atoms with Crippen LogP contribution in [0.25, 0.3) is 0 Å². The van der Waals surface area contributed by atoms with Crippen molar-refractivity contribution in [1.82, 2.24) is 0 Å². The quantitative estimate of drug-likeness (QED) is 0.778. The Hall–Kier alpha value is -0.860. The molecule has 0 aromatic heterocycles. The molecule has 0 spiro atoms. The second kappa shape index (κ2) is 4.33. The molecule has 0 aliphatic heterocycles. The molecular formula is C13H19NO. The largest absolute Gasteiger partial charge is 0.388 e. The van der Waals surface area contributed by atoms with Crippen LogP contribution in [-0.2, 0) is 0 Å². The van der Waals surface area contributed by atoms with E-state index in [4.69, 9.17) is 5.73 Å². The Kier molecular flexibility index (Phi) is 3.08. The molecule has 1 fully saturated rings. The van der Waals surface area contributed by atoms with Crippen molar-refractivity contribution in [3.05, 3.63) is 35.9 Å². The molecule has 15 heavy (non-hydrogen) atoms. The fourth-order valence-corrected chi connectivity index (χ4v) is 2.45.